The summed E-state index contributed by atoms with van der Waals surface area (Å²) in [6.45, 7) is 6.92. The molecule has 0 saturated heterocycles. The maximum Gasteiger partial charge on any atom is 0.256 e. The standard InChI is InChI=1S/C25H28N6O/c1-15(2)23-26-10-11-31(23)14-17-6-5-7-19(12-17)27-25(32)20-13-21(18-8-9-18)28-24-22(20)16(3)29-30(24)4/h5-7,10-13,15,18H,8-9,14H2,1-4H3,(H,27,32). The van der Waals surface area contributed by atoms with Gasteiger partial charge in [0.15, 0.2) is 5.65 Å². The van der Waals surface area contributed by atoms with Gasteiger partial charge in [-0.15, -0.1) is 0 Å². The number of amides is 1. The zero-order valence-electron chi connectivity index (χ0n) is 19.0. The van der Waals surface area contributed by atoms with Gasteiger partial charge in [-0.3, -0.25) is 9.48 Å². The molecule has 1 aliphatic carbocycles. The molecule has 1 aliphatic rings. The number of imidazole rings is 1. The van der Waals surface area contributed by atoms with Crippen LogP contribution in [0.5, 0.6) is 0 Å². The van der Waals surface area contributed by atoms with Crippen molar-refractivity contribution in [1.29, 1.82) is 0 Å². The topological polar surface area (TPSA) is 77.6 Å². The predicted molar refractivity (Wildman–Crippen MR) is 125 cm³/mol. The number of benzene rings is 1. The summed E-state index contributed by atoms with van der Waals surface area (Å²) in [6, 6.07) is 9.95. The summed E-state index contributed by atoms with van der Waals surface area (Å²) in [5.74, 6) is 1.73. The minimum Gasteiger partial charge on any atom is -0.330 e. The van der Waals surface area contributed by atoms with Crippen molar-refractivity contribution in [1.82, 2.24) is 24.3 Å². The second-order valence-corrected chi connectivity index (χ2v) is 9.00. The number of aromatic nitrogens is 5. The molecule has 0 unspecified atom stereocenters. The van der Waals surface area contributed by atoms with E-state index in [4.69, 9.17) is 4.98 Å². The van der Waals surface area contributed by atoms with Crippen LogP contribution >= 0.6 is 0 Å². The monoisotopic (exact) mass is 428 g/mol. The summed E-state index contributed by atoms with van der Waals surface area (Å²) in [6.07, 6.45) is 6.10. The molecule has 0 atom stereocenters. The van der Waals surface area contributed by atoms with E-state index in [1.54, 1.807) is 4.68 Å². The van der Waals surface area contributed by atoms with Gasteiger partial charge in [0.05, 0.1) is 16.6 Å². The minimum atomic E-state index is -0.127. The van der Waals surface area contributed by atoms with Crippen molar-refractivity contribution >= 4 is 22.6 Å². The normalized spacial score (nSPS) is 13.8. The Bertz CT molecular complexity index is 1310. The number of rotatable bonds is 6. The molecule has 1 fully saturated rings. The maximum atomic E-state index is 13.4. The Morgan fingerprint density at radius 3 is 2.81 bits per heavy atom. The van der Waals surface area contributed by atoms with Crippen LogP contribution < -0.4 is 5.32 Å². The van der Waals surface area contributed by atoms with Crippen LogP contribution in [0.2, 0.25) is 0 Å². The molecular weight excluding hydrogens is 400 g/mol. The third-order valence-electron chi connectivity index (χ3n) is 6.03. The highest BCUT2D eigenvalue weighted by Crippen LogP contribution is 2.40. The molecule has 1 saturated carbocycles. The van der Waals surface area contributed by atoms with E-state index in [9.17, 15) is 4.79 Å². The molecule has 7 heteroatoms. The lowest BCUT2D eigenvalue weighted by molar-refractivity contribution is 0.102. The van der Waals surface area contributed by atoms with Crippen LogP contribution in [0.4, 0.5) is 5.69 Å². The van der Waals surface area contributed by atoms with Crippen LogP contribution in [-0.2, 0) is 13.6 Å². The molecule has 0 bridgehead atoms. The minimum absolute atomic E-state index is 0.127. The van der Waals surface area contributed by atoms with Crippen LogP contribution in [0, 0.1) is 6.92 Å². The van der Waals surface area contributed by atoms with Gasteiger partial charge < -0.3 is 9.88 Å². The SMILES string of the molecule is Cc1nn(C)c2nc(C3CC3)cc(C(=O)Nc3cccc(Cn4ccnc4C(C)C)c3)c12. The highest BCUT2D eigenvalue weighted by atomic mass is 16.1. The van der Waals surface area contributed by atoms with E-state index >= 15 is 0 Å². The number of fused-ring (bicyclic) bond motifs is 1. The van der Waals surface area contributed by atoms with Crippen molar-refractivity contribution < 1.29 is 4.79 Å². The van der Waals surface area contributed by atoms with Crippen molar-refractivity contribution in [3.63, 3.8) is 0 Å². The second kappa shape index (κ2) is 7.89. The maximum absolute atomic E-state index is 13.4. The molecule has 5 rings (SSSR count). The van der Waals surface area contributed by atoms with E-state index in [-0.39, 0.29) is 5.91 Å². The Morgan fingerprint density at radius 1 is 1.25 bits per heavy atom. The molecule has 164 valence electrons. The predicted octanol–water partition coefficient (Wildman–Crippen LogP) is 4.77. The molecule has 32 heavy (non-hydrogen) atoms. The average Bonchev–Trinajstić information content (AvgIpc) is 3.44. The molecule has 1 N–H and O–H groups in total. The Labute approximate surface area is 187 Å². The summed E-state index contributed by atoms with van der Waals surface area (Å²) in [4.78, 5) is 22.6. The number of anilines is 1. The largest absolute Gasteiger partial charge is 0.330 e. The van der Waals surface area contributed by atoms with E-state index < -0.39 is 0 Å². The molecule has 0 aliphatic heterocycles. The van der Waals surface area contributed by atoms with Gasteiger partial charge in [0.2, 0.25) is 0 Å². The average molecular weight is 429 g/mol. The highest BCUT2D eigenvalue weighted by molar-refractivity contribution is 6.12. The fraction of sp³-hybridized carbons (Fsp3) is 0.360. The number of carbonyl (C=O) groups is 1. The summed E-state index contributed by atoms with van der Waals surface area (Å²) in [7, 11) is 1.88. The highest BCUT2D eigenvalue weighted by Gasteiger charge is 2.28. The summed E-state index contributed by atoms with van der Waals surface area (Å²) in [5, 5.41) is 8.43. The van der Waals surface area contributed by atoms with Crippen molar-refractivity contribution in [2.24, 2.45) is 7.05 Å². The number of carbonyl (C=O) groups excluding carboxylic acids is 1. The lowest BCUT2D eigenvalue weighted by Crippen LogP contribution is -2.14. The molecule has 1 amide bonds. The first-order chi connectivity index (χ1) is 15.4. The molecule has 0 radical (unpaired) electrons. The lowest BCUT2D eigenvalue weighted by atomic mass is 10.1. The van der Waals surface area contributed by atoms with Crippen LogP contribution in [0.3, 0.4) is 0 Å². The Hall–Kier alpha value is -3.48. The Morgan fingerprint density at radius 2 is 2.06 bits per heavy atom. The van der Waals surface area contributed by atoms with Crippen molar-refractivity contribution in [2.45, 2.75) is 52.0 Å². The summed E-state index contributed by atoms with van der Waals surface area (Å²) in [5.41, 5.74) is 5.10. The van der Waals surface area contributed by atoms with Crippen LogP contribution in [0.25, 0.3) is 11.0 Å². The quantitative estimate of drug-likeness (QED) is 0.480. The van der Waals surface area contributed by atoms with Crippen molar-refractivity contribution in [2.75, 3.05) is 5.32 Å². The van der Waals surface area contributed by atoms with Crippen molar-refractivity contribution in [3.05, 3.63) is 71.1 Å². The van der Waals surface area contributed by atoms with E-state index in [0.717, 1.165) is 52.3 Å². The molecular formula is C25H28N6O. The first-order valence-electron chi connectivity index (χ1n) is 11.2. The number of aryl methyl sites for hydroxylation is 2. The lowest BCUT2D eigenvalue weighted by Gasteiger charge is -2.12. The number of nitrogens with zero attached hydrogens (tertiary/aromatic N) is 5. The van der Waals surface area contributed by atoms with E-state index in [1.807, 2.05) is 50.6 Å². The van der Waals surface area contributed by atoms with Crippen LogP contribution in [0.1, 0.15) is 71.7 Å². The fourth-order valence-electron chi connectivity index (χ4n) is 4.33. The third kappa shape index (κ3) is 3.79. The molecule has 4 aromatic rings. The van der Waals surface area contributed by atoms with Gasteiger partial charge in [-0.1, -0.05) is 26.0 Å². The fourth-order valence-corrected chi connectivity index (χ4v) is 4.33. The zero-order valence-corrected chi connectivity index (χ0v) is 19.0. The second-order valence-electron chi connectivity index (χ2n) is 9.00. The molecule has 0 spiro atoms. The van der Waals surface area contributed by atoms with Crippen LogP contribution in [0.15, 0.2) is 42.7 Å². The molecule has 7 nitrogen and oxygen atoms in total. The number of pyridine rings is 1. The zero-order chi connectivity index (χ0) is 22.4. The van der Waals surface area contributed by atoms with E-state index in [0.29, 0.717) is 23.9 Å². The smallest absolute Gasteiger partial charge is 0.256 e. The molecule has 3 heterocycles. The van der Waals surface area contributed by atoms with Gasteiger partial charge in [0, 0.05) is 49.2 Å². The third-order valence-corrected chi connectivity index (χ3v) is 6.03. The van der Waals surface area contributed by atoms with E-state index in [2.05, 4.69) is 39.9 Å². The van der Waals surface area contributed by atoms with Gasteiger partial charge in [-0.25, -0.2) is 9.97 Å². The van der Waals surface area contributed by atoms with Crippen molar-refractivity contribution in [3.8, 4) is 0 Å². The summed E-state index contributed by atoms with van der Waals surface area (Å²) < 4.78 is 3.92. The Balaban J connectivity index is 1.44. The van der Waals surface area contributed by atoms with Crippen LogP contribution in [-0.4, -0.2) is 30.2 Å². The number of hydrogen-bond donors (Lipinski definition) is 1. The van der Waals surface area contributed by atoms with Gasteiger partial charge in [0.1, 0.15) is 5.82 Å². The molecule has 3 aromatic heterocycles. The van der Waals surface area contributed by atoms with Gasteiger partial charge in [-0.05, 0) is 43.5 Å². The molecule has 1 aromatic carbocycles. The van der Waals surface area contributed by atoms with E-state index in [1.165, 1.54) is 0 Å². The first kappa shape index (κ1) is 20.4. The Kier molecular flexibility index (Phi) is 5.04. The van der Waals surface area contributed by atoms with Gasteiger partial charge in [0.25, 0.3) is 5.91 Å². The van der Waals surface area contributed by atoms with Gasteiger partial charge in [-0.2, -0.15) is 5.10 Å². The summed E-state index contributed by atoms with van der Waals surface area (Å²) >= 11 is 0. The first-order valence-corrected chi connectivity index (χ1v) is 11.2. The van der Waals surface area contributed by atoms with Gasteiger partial charge >= 0.3 is 0 Å². The number of nitrogens with one attached hydrogen (secondary N) is 1. The number of hydrogen-bond acceptors (Lipinski definition) is 4.